The van der Waals surface area contributed by atoms with Gasteiger partial charge in [-0.3, -0.25) is 5.32 Å². The molecule has 0 aromatic carbocycles. The highest BCUT2D eigenvalue weighted by Crippen LogP contribution is 2.29. The number of hydrogen-bond acceptors (Lipinski definition) is 10. The van der Waals surface area contributed by atoms with E-state index in [9.17, 15) is 18.0 Å². The topological polar surface area (TPSA) is 148 Å². The fraction of sp³-hybridized carbons (Fsp3) is 0.409. The summed E-state index contributed by atoms with van der Waals surface area (Å²) in [7, 11) is 0. The highest BCUT2D eigenvalue weighted by atomic mass is 19.4. The molecule has 0 spiro atoms. The molecule has 15 heteroatoms. The van der Waals surface area contributed by atoms with Crippen molar-refractivity contribution in [1.82, 2.24) is 34.8 Å². The molecule has 37 heavy (non-hydrogen) atoms. The number of nitrogens with two attached hydrogens (primary N) is 1. The summed E-state index contributed by atoms with van der Waals surface area (Å²) in [5.74, 6) is -0.853. The van der Waals surface area contributed by atoms with E-state index >= 15 is 0 Å². The van der Waals surface area contributed by atoms with Crippen LogP contribution in [0.5, 0.6) is 5.88 Å². The summed E-state index contributed by atoms with van der Waals surface area (Å²) in [4.78, 5) is 39.8. The molecule has 3 aromatic heterocycles. The fourth-order valence-corrected chi connectivity index (χ4v) is 3.53. The van der Waals surface area contributed by atoms with Crippen LogP contribution >= 0.6 is 0 Å². The number of nitrogens with one attached hydrogen (secondary N) is 1. The van der Waals surface area contributed by atoms with Crippen LogP contribution in [0.25, 0.3) is 0 Å². The highest BCUT2D eigenvalue weighted by Gasteiger charge is 2.36. The van der Waals surface area contributed by atoms with Gasteiger partial charge in [0.2, 0.25) is 11.8 Å². The van der Waals surface area contributed by atoms with E-state index in [1.165, 1.54) is 29.6 Å². The summed E-state index contributed by atoms with van der Waals surface area (Å²) < 4.78 is 45.5. The fourth-order valence-electron chi connectivity index (χ4n) is 3.53. The summed E-state index contributed by atoms with van der Waals surface area (Å²) >= 11 is 0. The maximum absolute atomic E-state index is 13.2. The molecule has 0 radical (unpaired) electrons. The average molecular weight is 519 g/mol. The molecule has 4 heterocycles. The first-order chi connectivity index (χ1) is 17.6. The van der Waals surface area contributed by atoms with Gasteiger partial charge in [0.15, 0.2) is 5.82 Å². The highest BCUT2D eigenvalue weighted by molar-refractivity contribution is 5.88. The van der Waals surface area contributed by atoms with Crippen LogP contribution in [0.2, 0.25) is 0 Å². The zero-order valence-corrected chi connectivity index (χ0v) is 20.1. The van der Waals surface area contributed by atoms with Gasteiger partial charge >= 0.3 is 12.2 Å². The molecule has 3 N–H and O–H groups in total. The molecule has 0 unspecified atom stereocenters. The Morgan fingerprint density at radius 3 is 2.49 bits per heavy atom. The first-order valence-electron chi connectivity index (χ1n) is 11.4. The maximum Gasteiger partial charge on any atom is 0.451 e. The summed E-state index contributed by atoms with van der Waals surface area (Å²) in [6.07, 6.45) is -0.173. The lowest BCUT2D eigenvalue weighted by Gasteiger charge is -2.35. The van der Waals surface area contributed by atoms with Gasteiger partial charge in [-0.25, -0.2) is 34.7 Å². The lowest BCUT2D eigenvalue weighted by Crippen LogP contribution is -2.50. The van der Waals surface area contributed by atoms with Crippen molar-refractivity contribution < 1.29 is 22.7 Å². The number of urea groups is 1. The molecule has 12 nitrogen and oxygen atoms in total. The molecular formula is C22H25F3N10O2. The number of aromatic nitrogens is 6. The number of nitrogens with zero attached hydrogens (tertiary/aromatic N) is 8. The molecular weight excluding hydrogens is 493 g/mol. The average Bonchev–Trinajstić information content (AvgIpc) is 2.87. The van der Waals surface area contributed by atoms with Crippen LogP contribution in [0.3, 0.4) is 0 Å². The Balaban J connectivity index is 1.39. The van der Waals surface area contributed by atoms with Crippen LogP contribution in [0.4, 0.5) is 35.5 Å². The summed E-state index contributed by atoms with van der Waals surface area (Å²) in [5.41, 5.74) is 6.36. The van der Waals surface area contributed by atoms with Gasteiger partial charge in [0, 0.05) is 56.5 Å². The number of nitrogen functional groups attached to an aromatic ring is 1. The second-order valence-corrected chi connectivity index (χ2v) is 8.44. The van der Waals surface area contributed by atoms with Gasteiger partial charge in [-0.1, -0.05) is 13.8 Å². The minimum absolute atomic E-state index is 0.109. The monoisotopic (exact) mass is 518 g/mol. The number of carbonyl (C=O) groups excluding carboxylic acids is 1. The van der Waals surface area contributed by atoms with Crippen LogP contribution < -0.4 is 20.7 Å². The molecule has 1 fully saturated rings. The number of halogens is 3. The van der Waals surface area contributed by atoms with Crippen molar-refractivity contribution in [3.05, 3.63) is 47.9 Å². The molecule has 1 aliphatic rings. The quantitative estimate of drug-likeness (QED) is 0.499. The van der Waals surface area contributed by atoms with Crippen molar-refractivity contribution >= 4 is 23.6 Å². The summed E-state index contributed by atoms with van der Waals surface area (Å²) in [5, 5.41) is 2.47. The molecule has 1 aliphatic heterocycles. The van der Waals surface area contributed by atoms with Gasteiger partial charge in [-0.2, -0.15) is 13.2 Å². The zero-order chi connectivity index (χ0) is 26.6. The minimum atomic E-state index is -4.73. The Morgan fingerprint density at radius 1 is 1.08 bits per heavy atom. The van der Waals surface area contributed by atoms with E-state index in [1.807, 2.05) is 4.90 Å². The Morgan fingerprint density at radius 2 is 1.81 bits per heavy atom. The Hall–Kier alpha value is -4.30. The van der Waals surface area contributed by atoms with Crippen LogP contribution in [-0.4, -0.2) is 67.0 Å². The van der Waals surface area contributed by atoms with Crippen LogP contribution in [-0.2, 0) is 12.8 Å². The third-order valence-corrected chi connectivity index (χ3v) is 5.43. The Labute approximate surface area is 210 Å². The van der Waals surface area contributed by atoms with E-state index < -0.39 is 18.0 Å². The standard InChI is InChI=1S/C22H25F3N10O2/c1-13(2)15-11-16(32-19(31-15)22(23,24)25)33-21(36)35-9-7-34(8-10-35)17-18(28-6-5-27-17)37-12-14-3-4-29-20(26)30-14/h3-6,11,13H,7-10,12H2,1-2H3,(H2,26,29,30)(H,31,32,33,36). The predicted octanol–water partition coefficient (Wildman–Crippen LogP) is 2.71. The van der Waals surface area contributed by atoms with Crippen LogP contribution in [0, 0.1) is 0 Å². The Bertz CT molecular complexity index is 1250. The number of amides is 2. The molecule has 2 amide bonds. The van der Waals surface area contributed by atoms with E-state index in [0.29, 0.717) is 43.6 Å². The molecule has 1 saturated heterocycles. The van der Waals surface area contributed by atoms with E-state index in [4.69, 9.17) is 10.5 Å². The predicted molar refractivity (Wildman–Crippen MR) is 127 cm³/mol. The SMILES string of the molecule is CC(C)c1cc(NC(=O)N2CCN(c3nccnc3OCc3ccnc(N)n3)CC2)nc(C(F)(F)F)n1. The summed E-state index contributed by atoms with van der Waals surface area (Å²) in [6.45, 7) is 4.91. The van der Waals surface area contributed by atoms with Crippen molar-refractivity contribution in [3.63, 3.8) is 0 Å². The molecule has 0 saturated carbocycles. The van der Waals surface area contributed by atoms with E-state index in [-0.39, 0.29) is 30.0 Å². The second-order valence-electron chi connectivity index (χ2n) is 8.44. The second kappa shape index (κ2) is 10.8. The molecule has 196 valence electrons. The molecule has 0 atom stereocenters. The van der Waals surface area contributed by atoms with Gasteiger partial charge in [0.05, 0.1) is 5.69 Å². The number of hydrogen-bond donors (Lipinski definition) is 2. The number of piperazine rings is 1. The van der Waals surface area contributed by atoms with Crippen LogP contribution in [0.15, 0.2) is 30.7 Å². The van der Waals surface area contributed by atoms with Gasteiger partial charge in [-0.05, 0) is 12.0 Å². The largest absolute Gasteiger partial charge is 0.469 e. The van der Waals surface area contributed by atoms with Gasteiger partial charge in [0.25, 0.3) is 5.88 Å². The van der Waals surface area contributed by atoms with Gasteiger partial charge < -0.3 is 20.3 Å². The number of anilines is 3. The molecule has 0 aliphatic carbocycles. The van der Waals surface area contributed by atoms with Crippen molar-refractivity contribution in [3.8, 4) is 5.88 Å². The van der Waals surface area contributed by atoms with E-state index in [2.05, 4.69) is 35.2 Å². The third kappa shape index (κ3) is 6.48. The number of rotatable bonds is 6. The number of carbonyl (C=O) groups is 1. The normalized spacial score (nSPS) is 14.1. The smallest absolute Gasteiger partial charge is 0.451 e. The maximum atomic E-state index is 13.2. The van der Waals surface area contributed by atoms with E-state index in [1.54, 1.807) is 19.9 Å². The van der Waals surface area contributed by atoms with E-state index in [0.717, 1.165) is 0 Å². The van der Waals surface area contributed by atoms with Crippen LogP contribution in [0.1, 0.15) is 37.0 Å². The Kier molecular flexibility index (Phi) is 7.50. The van der Waals surface area contributed by atoms with Crippen molar-refractivity contribution in [2.24, 2.45) is 0 Å². The van der Waals surface area contributed by atoms with Crippen molar-refractivity contribution in [2.75, 3.05) is 42.1 Å². The number of alkyl halides is 3. The lowest BCUT2D eigenvalue weighted by atomic mass is 10.1. The molecule has 0 bridgehead atoms. The third-order valence-electron chi connectivity index (χ3n) is 5.43. The lowest BCUT2D eigenvalue weighted by molar-refractivity contribution is -0.145. The minimum Gasteiger partial charge on any atom is -0.469 e. The first kappa shape index (κ1) is 25.8. The van der Waals surface area contributed by atoms with Crippen molar-refractivity contribution in [1.29, 1.82) is 0 Å². The van der Waals surface area contributed by atoms with Crippen molar-refractivity contribution in [2.45, 2.75) is 32.5 Å². The first-order valence-corrected chi connectivity index (χ1v) is 11.4. The van der Waals surface area contributed by atoms with Gasteiger partial charge in [-0.15, -0.1) is 0 Å². The molecule has 3 aromatic rings. The number of ether oxygens (including phenoxy) is 1. The zero-order valence-electron chi connectivity index (χ0n) is 20.1. The molecule has 4 rings (SSSR count). The van der Waals surface area contributed by atoms with Gasteiger partial charge in [0.1, 0.15) is 12.4 Å². The summed E-state index contributed by atoms with van der Waals surface area (Å²) in [6, 6.07) is 2.46.